The number of benzene rings is 10. The predicted octanol–water partition coefficient (Wildman–Crippen LogP) is 18.3. The van der Waals surface area contributed by atoms with E-state index in [0.29, 0.717) is 5.92 Å². The number of rotatable bonds is 8. The van der Waals surface area contributed by atoms with Crippen LogP contribution in [0, 0.1) is 0 Å². The van der Waals surface area contributed by atoms with Gasteiger partial charge in [0.15, 0.2) is 0 Å². The molecular formula is C67H53N. The van der Waals surface area contributed by atoms with Crippen LogP contribution in [0.4, 0.5) is 11.4 Å². The van der Waals surface area contributed by atoms with E-state index in [-0.39, 0.29) is 0 Å². The third kappa shape index (κ3) is 6.51. The number of nitrogens with zero attached hydrogens (tertiary/aromatic N) is 1. The number of allylic oxidation sites excluding steroid dienone is 3. The quantitative estimate of drug-likeness (QED) is 0.138. The maximum Gasteiger partial charge on any atom is 0.0677 e. The van der Waals surface area contributed by atoms with Crippen molar-refractivity contribution in [3.63, 3.8) is 0 Å². The molecule has 0 atom stereocenters. The van der Waals surface area contributed by atoms with Crippen molar-refractivity contribution in [3.8, 4) is 33.4 Å². The lowest BCUT2D eigenvalue weighted by Gasteiger charge is -2.39. The second kappa shape index (κ2) is 16.8. The van der Waals surface area contributed by atoms with Crippen LogP contribution in [-0.2, 0) is 5.41 Å². The summed E-state index contributed by atoms with van der Waals surface area (Å²) in [7, 11) is 0. The van der Waals surface area contributed by atoms with Crippen LogP contribution in [0.2, 0.25) is 0 Å². The first-order chi connectivity index (χ1) is 33.8. The van der Waals surface area contributed by atoms with Gasteiger partial charge < -0.3 is 4.90 Å². The molecule has 0 spiro atoms. The first kappa shape index (κ1) is 40.5. The van der Waals surface area contributed by atoms with Gasteiger partial charge in [-0.3, -0.25) is 0 Å². The third-order valence-electron chi connectivity index (χ3n) is 15.6. The highest BCUT2D eigenvalue weighted by atomic mass is 15.1. The largest absolute Gasteiger partial charge is 0.310 e. The van der Waals surface area contributed by atoms with Crippen LogP contribution in [0.3, 0.4) is 0 Å². The number of hydrogen-bond donors (Lipinski definition) is 0. The smallest absolute Gasteiger partial charge is 0.0677 e. The molecule has 0 N–H and O–H groups in total. The van der Waals surface area contributed by atoms with Crippen LogP contribution in [0.5, 0.6) is 0 Å². The van der Waals surface area contributed by atoms with Crippen LogP contribution in [0.1, 0.15) is 73.1 Å². The van der Waals surface area contributed by atoms with Crippen molar-refractivity contribution in [2.45, 2.75) is 56.3 Å². The van der Waals surface area contributed by atoms with Gasteiger partial charge >= 0.3 is 0 Å². The van der Waals surface area contributed by atoms with E-state index in [1.54, 1.807) is 0 Å². The molecule has 68 heavy (non-hydrogen) atoms. The molecular weight excluding hydrogens is 819 g/mol. The van der Waals surface area contributed by atoms with Crippen molar-refractivity contribution in [1.29, 1.82) is 0 Å². The summed E-state index contributed by atoms with van der Waals surface area (Å²) in [6.45, 7) is 0. The topological polar surface area (TPSA) is 3.24 Å². The van der Waals surface area contributed by atoms with E-state index in [4.69, 9.17) is 0 Å². The standard InChI is InChI=1S/C67H53N/c1-3-19-46(20-4-1)56-33-15-22-49-23-16-35-62(66(49)56)61-31-11-14-38-65(61)68(52-42-39-48(40-43-52)55-32-18-34-57-54-28-8-7-21-47(54)41-44-58(55)57)53-27-17-26-51(45-53)67(50-24-5-2-6-25-50)63-36-12-9-29-59(63)60-30-10-13-37-64(60)67/h2,5-16,18,21-25,27-46H,1,3-4,17,19-20,26H2. The summed E-state index contributed by atoms with van der Waals surface area (Å²) in [4.78, 5) is 2.57. The number of anilines is 2. The van der Waals surface area contributed by atoms with Crippen molar-refractivity contribution in [2.24, 2.45) is 0 Å². The zero-order chi connectivity index (χ0) is 45.0. The number of hydrogen-bond acceptors (Lipinski definition) is 1. The molecule has 326 valence electrons. The van der Waals surface area contributed by atoms with Gasteiger partial charge in [-0.2, -0.15) is 0 Å². The first-order valence-corrected chi connectivity index (χ1v) is 24.8. The van der Waals surface area contributed by atoms with E-state index in [0.717, 1.165) is 18.5 Å². The second-order valence-electron chi connectivity index (χ2n) is 19.2. The number of fused-ring (bicyclic) bond motifs is 7. The van der Waals surface area contributed by atoms with Crippen LogP contribution in [0.25, 0.3) is 65.7 Å². The van der Waals surface area contributed by atoms with Gasteiger partial charge in [0, 0.05) is 16.9 Å². The van der Waals surface area contributed by atoms with Gasteiger partial charge in [-0.1, -0.05) is 226 Å². The van der Waals surface area contributed by atoms with Crippen LogP contribution < -0.4 is 4.90 Å². The summed E-state index contributed by atoms with van der Waals surface area (Å²) in [5.41, 5.74) is 17.7. The van der Waals surface area contributed by atoms with E-state index in [9.17, 15) is 0 Å². The third-order valence-corrected chi connectivity index (χ3v) is 15.6. The molecule has 0 radical (unpaired) electrons. The average Bonchev–Trinajstić information content (AvgIpc) is 3.72. The highest BCUT2D eigenvalue weighted by Gasteiger charge is 2.47. The van der Waals surface area contributed by atoms with Crippen LogP contribution in [0.15, 0.2) is 242 Å². The maximum atomic E-state index is 2.57. The molecule has 1 fully saturated rings. The molecule has 3 aliphatic rings. The van der Waals surface area contributed by atoms with Gasteiger partial charge in [0.25, 0.3) is 0 Å². The summed E-state index contributed by atoms with van der Waals surface area (Å²) >= 11 is 0. The normalized spacial score (nSPS) is 15.5. The molecule has 1 heteroatoms. The highest BCUT2D eigenvalue weighted by molar-refractivity contribution is 6.12. The molecule has 0 amide bonds. The van der Waals surface area contributed by atoms with Gasteiger partial charge in [0.05, 0.1) is 11.1 Å². The van der Waals surface area contributed by atoms with Gasteiger partial charge in [-0.05, 0) is 144 Å². The molecule has 0 heterocycles. The molecule has 0 saturated heterocycles. The summed E-state index contributed by atoms with van der Waals surface area (Å²) in [5.74, 6) is 0.578. The molecule has 10 aromatic rings. The SMILES string of the molecule is C1=C(N(c2ccc(-c3cccc4c3ccc3ccccc34)cc2)c2ccccc2-c2cccc3cccc(C4CCCCC4)c23)C=C(C2(c3ccccc3)c3ccccc3-c3ccccc32)CC1. The van der Waals surface area contributed by atoms with Crippen LogP contribution in [-0.4, -0.2) is 0 Å². The first-order valence-electron chi connectivity index (χ1n) is 24.8. The Morgan fingerprint density at radius 2 is 1.04 bits per heavy atom. The zero-order valence-electron chi connectivity index (χ0n) is 38.4. The van der Waals surface area contributed by atoms with E-state index >= 15 is 0 Å². The van der Waals surface area contributed by atoms with Crippen molar-refractivity contribution < 1.29 is 0 Å². The average molecular weight is 872 g/mol. The molecule has 0 bridgehead atoms. The second-order valence-corrected chi connectivity index (χ2v) is 19.2. The van der Waals surface area contributed by atoms with Gasteiger partial charge in [0.1, 0.15) is 0 Å². The molecule has 0 aromatic heterocycles. The van der Waals surface area contributed by atoms with Crippen LogP contribution >= 0.6 is 0 Å². The van der Waals surface area contributed by atoms with Crippen molar-refractivity contribution in [2.75, 3.05) is 4.90 Å². The Labute approximate surface area is 400 Å². The van der Waals surface area contributed by atoms with Crippen molar-refractivity contribution in [3.05, 3.63) is 264 Å². The summed E-state index contributed by atoms with van der Waals surface area (Å²) in [6.07, 6.45) is 13.4. The minimum absolute atomic E-state index is 0.438. The van der Waals surface area contributed by atoms with E-state index in [1.807, 2.05) is 0 Å². The Bertz CT molecular complexity index is 3550. The molecule has 0 unspecified atom stereocenters. The molecule has 0 aliphatic heterocycles. The van der Waals surface area contributed by atoms with Gasteiger partial charge in [-0.15, -0.1) is 0 Å². The Morgan fingerprint density at radius 1 is 0.426 bits per heavy atom. The lowest BCUT2D eigenvalue weighted by molar-refractivity contribution is 0.445. The van der Waals surface area contributed by atoms with Crippen molar-refractivity contribution in [1.82, 2.24) is 0 Å². The van der Waals surface area contributed by atoms with Gasteiger partial charge in [-0.25, -0.2) is 0 Å². The molecule has 1 nitrogen and oxygen atoms in total. The van der Waals surface area contributed by atoms with Gasteiger partial charge in [0.2, 0.25) is 0 Å². The lowest BCUT2D eigenvalue weighted by Crippen LogP contribution is -2.31. The zero-order valence-corrected chi connectivity index (χ0v) is 38.4. The van der Waals surface area contributed by atoms with Crippen molar-refractivity contribution >= 4 is 43.7 Å². The fourth-order valence-corrected chi connectivity index (χ4v) is 12.7. The summed E-state index contributed by atoms with van der Waals surface area (Å²) in [6, 6.07) is 82.2. The highest BCUT2D eigenvalue weighted by Crippen LogP contribution is 2.58. The molecule has 10 aromatic carbocycles. The fraction of sp³-hybridized carbons (Fsp3) is 0.134. The Morgan fingerprint density at radius 3 is 1.84 bits per heavy atom. The maximum absolute atomic E-state index is 2.57. The minimum Gasteiger partial charge on any atom is -0.310 e. The molecule has 1 saturated carbocycles. The Kier molecular flexibility index (Phi) is 10.0. The predicted molar refractivity (Wildman–Crippen MR) is 288 cm³/mol. The minimum atomic E-state index is -0.438. The lowest BCUT2D eigenvalue weighted by atomic mass is 9.65. The van der Waals surface area contributed by atoms with E-state index < -0.39 is 5.41 Å². The fourth-order valence-electron chi connectivity index (χ4n) is 12.7. The molecule has 3 aliphatic carbocycles. The van der Waals surface area contributed by atoms with E-state index in [2.05, 4.69) is 235 Å². The van der Waals surface area contributed by atoms with E-state index in [1.165, 1.54) is 137 Å². The Hall–Kier alpha value is -7.74. The molecule has 13 rings (SSSR count). The summed E-state index contributed by atoms with van der Waals surface area (Å²) < 4.78 is 0. The summed E-state index contributed by atoms with van der Waals surface area (Å²) in [5, 5.41) is 7.85. The monoisotopic (exact) mass is 871 g/mol. The Balaban J connectivity index is 1.02. The number of para-hydroxylation sites is 1.